The van der Waals surface area contributed by atoms with Crippen molar-refractivity contribution in [3.63, 3.8) is 0 Å². The molecule has 4 aromatic carbocycles. The van der Waals surface area contributed by atoms with Gasteiger partial charge in [-0.15, -0.1) is 0 Å². The number of halogens is 1. The minimum absolute atomic E-state index is 0.147. The molecule has 0 aromatic heterocycles. The highest BCUT2D eigenvalue weighted by molar-refractivity contribution is 14.1. The molecule has 1 heterocycles. The van der Waals surface area contributed by atoms with Gasteiger partial charge in [0, 0.05) is 14.6 Å². The van der Waals surface area contributed by atoms with Crippen molar-refractivity contribution in [2.24, 2.45) is 0 Å². The standard InChI is InChI=1S/C27H20IN3O3/c28-22-11-4-2-7-18(22)14-24(32)29-19-8-5-9-20(15-19)31-23-13-12-17-6-1-3-10-21(17)27(23)30-25(33)16-26(31)34/h1-13,15H,14,16H2,(H,29,32)(H,30,33). The zero-order valence-electron chi connectivity index (χ0n) is 18.0. The van der Waals surface area contributed by atoms with Crippen molar-refractivity contribution in [3.8, 4) is 0 Å². The van der Waals surface area contributed by atoms with Gasteiger partial charge in [-0.25, -0.2) is 0 Å². The van der Waals surface area contributed by atoms with Crippen LogP contribution >= 0.6 is 22.6 Å². The van der Waals surface area contributed by atoms with E-state index in [-0.39, 0.29) is 30.6 Å². The molecule has 34 heavy (non-hydrogen) atoms. The molecule has 0 fully saturated rings. The first-order valence-corrected chi connectivity index (χ1v) is 11.9. The highest BCUT2D eigenvalue weighted by atomic mass is 127. The van der Waals surface area contributed by atoms with Gasteiger partial charge >= 0.3 is 0 Å². The van der Waals surface area contributed by atoms with Gasteiger partial charge < -0.3 is 10.6 Å². The number of rotatable bonds is 4. The van der Waals surface area contributed by atoms with Crippen molar-refractivity contribution >= 4 is 73.8 Å². The zero-order chi connectivity index (χ0) is 23.7. The van der Waals surface area contributed by atoms with E-state index in [4.69, 9.17) is 0 Å². The Morgan fingerprint density at radius 1 is 0.941 bits per heavy atom. The highest BCUT2D eigenvalue weighted by Gasteiger charge is 2.28. The molecule has 0 saturated carbocycles. The predicted molar refractivity (Wildman–Crippen MR) is 142 cm³/mol. The lowest BCUT2D eigenvalue weighted by molar-refractivity contribution is -0.124. The summed E-state index contributed by atoms with van der Waals surface area (Å²) >= 11 is 2.22. The average Bonchev–Trinajstić information content (AvgIpc) is 2.95. The third-order valence-electron chi connectivity index (χ3n) is 5.67. The van der Waals surface area contributed by atoms with Gasteiger partial charge in [0.2, 0.25) is 17.7 Å². The molecular formula is C27H20IN3O3. The van der Waals surface area contributed by atoms with E-state index in [9.17, 15) is 14.4 Å². The number of anilines is 4. The summed E-state index contributed by atoms with van der Waals surface area (Å²) in [5.74, 6) is -0.840. The summed E-state index contributed by atoms with van der Waals surface area (Å²) in [5, 5.41) is 7.65. The van der Waals surface area contributed by atoms with Crippen LogP contribution in [-0.2, 0) is 20.8 Å². The number of fused-ring (bicyclic) bond motifs is 3. The van der Waals surface area contributed by atoms with Crippen LogP contribution in [0.1, 0.15) is 12.0 Å². The fraction of sp³-hybridized carbons (Fsp3) is 0.0741. The summed E-state index contributed by atoms with van der Waals surface area (Å²) in [4.78, 5) is 39.8. The van der Waals surface area contributed by atoms with Gasteiger partial charge in [0.15, 0.2) is 0 Å². The molecule has 0 unspecified atom stereocenters. The highest BCUT2D eigenvalue weighted by Crippen LogP contribution is 2.40. The third kappa shape index (κ3) is 4.38. The maximum Gasteiger partial charge on any atom is 0.241 e. The van der Waals surface area contributed by atoms with Gasteiger partial charge in [-0.05, 0) is 63.9 Å². The lowest BCUT2D eigenvalue weighted by Gasteiger charge is -2.24. The van der Waals surface area contributed by atoms with E-state index in [1.807, 2.05) is 60.7 Å². The molecule has 3 amide bonds. The Hall–Kier alpha value is -3.72. The Balaban J connectivity index is 1.49. The van der Waals surface area contributed by atoms with Gasteiger partial charge in [-0.3, -0.25) is 19.3 Å². The molecule has 1 aliphatic rings. The fourth-order valence-electron chi connectivity index (χ4n) is 4.14. The lowest BCUT2D eigenvalue weighted by Crippen LogP contribution is -2.26. The number of hydrogen-bond acceptors (Lipinski definition) is 3. The first-order valence-electron chi connectivity index (χ1n) is 10.8. The second kappa shape index (κ2) is 9.26. The smallest absolute Gasteiger partial charge is 0.241 e. The molecule has 5 rings (SSSR count). The Morgan fingerprint density at radius 2 is 1.74 bits per heavy atom. The molecule has 0 spiro atoms. The van der Waals surface area contributed by atoms with Gasteiger partial charge in [-0.1, -0.05) is 54.6 Å². The van der Waals surface area contributed by atoms with Crippen molar-refractivity contribution in [1.82, 2.24) is 0 Å². The van der Waals surface area contributed by atoms with Crippen LogP contribution in [0.25, 0.3) is 10.8 Å². The van der Waals surface area contributed by atoms with Crippen LogP contribution < -0.4 is 15.5 Å². The van der Waals surface area contributed by atoms with Crippen molar-refractivity contribution < 1.29 is 14.4 Å². The number of nitrogens with zero attached hydrogens (tertiary/aromatic N) is 1. The summed E-state index contributed by atoms with van der Waals surface area (Å²) in [7, 11) is 0. The van der Waals surface area contributed by atoms with Crippen LogP contribution in [0.5, 0.6) is 0 Å². The predicted octanol–water partition coefficient (Wildman–Crippen LogP) is 5.63. The van der Waals surface area contributed by atoms with Crippen molar-refractivity contribution in [2.45, 2.75) is 12.8 Å². The Morgan fingerprint density at radius 3 is 2.59 bits per heavy atom. The van der Waals surface area contributed by atoms with E-state index < -0.39 is 0 Å². The molecule has 2 N–H and O–H groups in total. The van der Waals surface area contributed by atoms with E-state index in [0.717, 1.165) is 19.9 Å². The van der Waals surface area contributed by atoms with Gasteiger partial charge in [0.25, 0.3) is 0 Å². The van der Waals surface area contributed by atoms with Crippen molar-refractivity contribution in [2.75, 3.05) is 15.5 Å². The minimum atomic E-state index is -0.355. The van der Waals surface area contributed by atoms with Crippen LogP contribution in [0.15, 0.2) is 84.9 Å². The van der Waals surface area contributed by atoms with Crippen LogP contribution in [-0.4, -0.2) is 17.7 Å². The third-order valence-corrected chi connectivity index (χ3v) is 6.72. The number of carbonyl (C=O) groups is 3. The van der Waals surface area contributed by atoms with Gasteiger partial charge in [0.1, 0.15) is 6.42 Å². The number of hydrogen-bond donors (Lipinski definition) is 2. The largest absolute Gasteiger partial charge is 0.326 e. The molecule has 0 saturated heterocycles. The van der Waals surface area contributed by atoms with Crippen molar-refractivity contribution in [1.29, 1.82) is 0 Å². The SMILES string of the molecule is O=C(Cc1ccccc1I)Nc1cccc(N2C(=O)CC(=O)Nc3c2ccc2ccccc32)c1. The van der Waals surface area contributed by atoms with E-state index in [1.54, 1.807) is 24.3 Å². The van der Waals surface area contributed by atoms with E-state index in [2.05, 4.69) is 33.2 Å². The molecule has 168 valence electrons. The quantitative estimate of drug-likeness (QED) is 0.251. The fourth-order valence-corrected chi connectivity index (χ4v) is 4.72. The van der Waals surface area contributed by atoms with E-state index >= 15 is 0 Å². The van der Waals surface area contributed by atoms with Gasteiger partial charge in [-0.2, -0.15) is 0 Å². The zero-order valence-corrected chi connectivity index (χ0v) is 20.2. The van der Waals surface area contributed by atoms with Gasteiger partial charge in [0.05, 0.1) is 23.5 Å². The summed E-state index contributed by atoms with van der Waals surface area (Å²) < 4.78 is 1.03. The lowest BCUT2D eigenvalue weighted by atomic mass is 10.1. The minimum Gasteiger partial charge on any atom is -0.326 e. The van der Waals surface area contributed by atoms with Crippen LogP contribution in [0, 0.1) is 3.57 Å². The van der Waals surface area contributed by atoms with Crippen LogP contribution in [0.4, 0.5) is 22.7 Å². The summed E-state index contributed by atoms with van der Waals surface area (Å²) in [6, 6.07) is 26.3. The second-order valence-electron chi connectivity index (χ2n) is 8.00. The Kier molecular flexibility index (Phi) is 6.02. The monoisotopic (exact) mass is 561 g/mol. The average molecular weight is 561 g/mol. The summed E-state index contributed by atoms with van der Waals surface area (Å²) in [6.45, 7) is 0. The van der Waals surface area contributed by atoms with Crippen LogP contribution in [0.2, 0.25) is 0 Å². The first kappa shape index (κ1) is 22.1. The summed E-state index contributed by atoms with van der Waals surface area (Å²) in [5.41, 5.74) is 3.29. The molecule has 0 atom stereocenters. The number of carbonyl (C=O) groups excluding carboxylic acids is 3. The number of amides is 3. The second-order valence-corrected chi connectivity index (χ2v) is 9.16. The molecule has 0 aliphatic carbocycles. The van der Waals surface area contributed by atoms with E-state index in [0.29, 0.717) is 22.7 Å². The molecule has 1 aliphatic heterocycles. The van der Waals surface area contributed by atoms with E-state index in [1.165, 1.54) is 4.90 Å². The normalized spacial score (nSPS) is 13.3. The maximum absolute atomic E-state index is 13.1. The molecule has 4 aromatic rings. The Labute approximate surface area is 210 Å². The topological polar surface area (TPSA) is 78.5 Å². The van der Waals surface area contributed by atoms with Crippen LogP contribution in [0.3, 0.4) is 0 Å². The molecule has 7 heteroatoms. The first-order chi connectivity index (χ1) is 16.5. The molecule has 6 nitrogen and oxygen atoms in total. The molecular weight excluding hydrogens is 541 g/mol. The number of nitrogens with one attached hydrogen (secondary N) is 2. The van der Waals surface area contributed by atoms with Crippen molar-refractivity contribution in [3.05, 3.63) is 94.1 Å². The molecule has 0 radical (unpaired) electrons. The maximum atomic E-state index is 13.1. The summed E-state index contributed by atoms with van der Waals surface area (Å²) in [6.07, 6.45) is -0.0226. The Bertz CT molecular complexity index is 1450. The number of benzene rings is 4. The molecule has 0 bridgehead atoms.